The van der Waals surface area contributed by atoms with Gasteiger partial charge in [-0.2, -0.15) is 5.10 Å². The van der Waals surface area contributed by atoms with E-state index >= 15 is 0 Å². The molecule has 0 spiro atoms. The SMILES string of the molecule is COc1ccc(-c2c(Br)c(CN)nn2C)cc1F. The lowest BCUT2D eigenvalue weighted by Gasteiger charge is -2.06. The van der Waals surface area contributed by atoms with Crippen LogP contribution in [0.4, 0.5) is 4.39 Å². The molecule has 0 atom stereocenters. The largest absolute Gasteiger partial charge is 0.494 e. The highest BCUT2D eigenvalue weighted by Gasteiger charge is 2.16. The third kappa shape index (κ3) is 2.13. The van der Waals surface area contributed by atoms with Gasteiger partial charge in [0, 0.05) is 19.2 Å². The van der Waals surface area contributed by atoms with Crippen molar-refractivity contribution in [3.63, 3.8) is 0 Å². The molecule has 0 radical (unpaired) electrons. The zero-order valence-electron chi connectivity index (χ0n) is 10.1. The minimum absolute atomic E-state index is 0.219. The molecule has 0 bridgehead atoms. The van der Waals surface area contributed by atoms with Gasteiger partial charge in [0.15, 0.2) is 11.6 Å². The summed E-state index contributed by atoms with van der Waals surface area (Å²) in [5.41, 5.74) is 7.83. The van der Waals surface area contributed by atoms with Crippen molar-refractivity contribution in [3.05, 3.63) is 34.2 Å². The van der Waals surface area contributed by atoms with Crippen molar-refractivity contribution >= 4 is 15.9 Å². The third-order valence-electron chi connectivity index (χ3n) is 2.67. The van der Waals surface area contributed by atoms with Crippen molar-refractivity contribution in [2.24, 2.45) is 12.8 Å². The van der Waals surface area contributed by atoms with Crippen molar-refractivity contribution in [2.45, 2.75) is 6.54 Å². The highest BCUT2D eigenvalue weighted by atomic mass is 79.9. The fraction of sp³-hybridized carbons (Fsp3) is 0.250. The number of aryl methyl sites for hydroxylation is 1. The lowest BCUT2D eigenvalue weighted by molar-refractivity contribution is 0.386. The molecule has 96 valence electrons. The van der Waals surface area contributed by atoms with Gasteiger partial charge in [-0.1, -0.05) is 0 Å². The summed E-state index contributed by atoms with van der Waals surface area (Å²) in [6.45, 7) is 0.326. The van der Waals surface area contributed by atoms with Gasteiger partial charge in [-0.05, 0) is 34.1 Å². The highest BCUT2D eigenvalue weighted by molar-refractivity contribution is 9.10. The Labute approximate surface area is 113 Å². The summed E-state index contributed by atoms with van der Waals surface area (Å²) in [5.74, 6) is -0.187. The summed E-state index contributed by atoms with van der Waals surface area (Å²) in [4.78, 5) is 0. The lowest BCUT2D eigenvalue weighted by atomic mass is 10.1. The van der Waals surface area contributed by atoms with Gasteiger partial charge in [0.05, 0.1) is 23.0 Å². The molecule has 4 nitrogen and oxygen atoms in total. The quantitative estimate of drug-likeness (QED) is 0.947. The Balaban J connectivity index is 2.55. The molecular weight excluding hydrogens is 301 g/mol. The maximum atomic E-state index is 13.7. The van der Waals surface area contributed by atoms with E-state index in [-0.39, 0.29) is 5.75 Å². The van der Waals surface area contributed by atoms with E-state index in [2.05, 4.69) is 21.0 Å². The maximum Gasteiger partial charge on any atom is 0.165 e. The highest BCUT2D eigenvalue weighted by Crippen LogP contribution is 2.32. The van der Waals surface area contributed by atoms with Gasteiger partial charge >= 0.3 is 0 Å². The Morgan fingerprint density at radius 1 is 1.50 bits per heavy atom. The van der Waals surface area contributed by atoms with E-state index in [1.165, 1.54) is 13.2 Å². The standard InChI is InChI=1S/C12H13BrFN3O/c1-17-12(11(13)9(6-15)16-17)7-3-4-10(18-2)8(14)5-7/h3-5H,6,15H2,1-2H3. The molecule has 0 unspecified atom stereocenters. The van der Waals surface area contributed by atoms with Crippen molar-refractivity contribution in [3.8, 4) is 17.0 Å². The van der Waals surface area contributed by atoms with E-state index in [9.17, 15) is 4.39 Å². The molecule has 1 aromatic heterocycles. The molecular formula is C12H13BrFN3O. The molecule has 2 rings (SSSR count). The number of rotatable bonds is 3. The number of nitrogens with zero attached hydrogens (tertiary/aromatic N) is 2. The number of hydrogen-bond donors (Lipinski definition) is 1. The Morgan fingerprint density at radius 2 is 2.22 bits per heavy atom. The molecule has 1 heterocycles. The predicted molar refractivity (Wildman–Crippen MR) is 70.7 cm³/mol. The van der Waals surface area contributed by atoms with Gasteiger partial charge in [-0.15, -0.1) is 0 Å². The number of halogens is 2. The van der Waals surface area contributed by atoms with Crippen LogP contribution in [-0.2, 0) is 13.6 Å². The summed E-state index contributed by atoms with van der Waals surface area (Å²) in [6.07, 6.45) is 0. The number of hydrogen-bond acceptors (Lipinski definition) is 3. The minimum Gasteiger partial charge on any atom is -0.494 e. The minimum atomic E-state index is -0.405. The molecule has 0 aliphatic carbocycles. The second-order valence-electron chi connectivity index (χ2n) is 3.79. The number of benzene rings is 1. The van der Waals surface area contributed by atoms with E-state index in [1.54, 1.807) is 23.9 Å². The zero-order valence-corrected chi connectivity index (χ0v) is 11.7. The van der Waals surface area contributed by atoms with Crippen molar-refractivity contribution in [2.75, 3.05) is 7.11 Å². The summed E-state index contributed by atoms with van der Waals surface area (Å²) >= 11 is 3.44. The monoisotopic (exact) mass is 313 g/mol. The number of nitrogens with two attached hydrogens (primary N) is 1. The van der Waals surface area contributed by atoms with Crippen molar-refractivity contribution < 1.29 is 9.13 Å². The first kappa shape index (κ1) is 13.0. The van der Waals surface area contributed by atoms with Gasteiger partial charge in [0.1, 0.15) is 0 Å². The summed E-state index contributed by atoms with van der Waals surface area (Å²) < 4.78 is 21.1. The van der Waals surface area contributed by atoms with Gasteiger partial charge in [0.2, 0.25) is 0 Å². The van der Waals surface area contributed by atoms with E-state index in [1.807, 2.05) is 0 Å². The predicted octanol–water partition coefficient (Wildman–Crippen LogP) is 2.46. The van der Waals surface area contributed by atoms with E-state index in [4.69, 9.17) is 10.5 Å². The van der Waals surface area contributed by atoms with Crippen molar-refractivity contribution in [1.29, 1.82) is 0 Å². The van der Waals surface area contributed by atoms with Crippen LogP contribution in [0.25, 0.3) is 11.3 Å². The first-order valence-corrected chi connectivity index (χ1v) is 6.13. The number of ether oxygens (including phenoxy) is 1. The first-order chi connectivity index (χ1) is 8.58. The van der Waals surface area contributed by atoms with Crippen LogP contribution in [0.2, 0.25) is 0 Å². The van der Waals surface area contributed by atoms with E-state index in [0.717, 1.165) is 21.4 Å². The molecule has 18 heavy (non-hydrogen) atoms. The molecule has 6 heteroatoms. The second kappa shape index (κ2) is 5.07. The fourth-order valence-corrected chi connectivity index (χ4v) is 2.54. The normalized spacial score (nSPS) is 10.7. The second-order valence-corrected chi connectivity index (χ2v) is 4.58. The molecule has 1 aromatic carbocycles. The Bertz CT molecular complexity index is 583. The summed E-state index contributed by atoms with van der Waals surface area (Å²) in [6, 6.07) is 4.79. The topological polar surface area (TPSA) is 53.1 Å². The molecule has 0 saturated carbocycles. The molecule has 0 aliphatic heterocycles. The van der Waals surface area contributed by atoms with Gasteiger partial charge in [-0.25, -0.2) is 4.39 Å². The smallest absolute Gasteiger partial charge is 0.165 e. The van der Waals surface area contributed by atoms with Crippen molar-refractivity contribution in [1.82, 2.24) is 9.78 Å². The van der Waals surface area contributed by atoms with Crippen LogP contribution < -0.4 is 10.5 Å². The van der Waals surface area contributed by atoms with E-state index in [0.29, 0.717) is 6.54 Å². The van der Waals surface area contributed by atoms with Crippen LogP contribution in [0.5, 0.6) is 5.75 Å². The lowest BCUT2D eigenvalue weighted by Crippen LogP contribution is -1.99. The number of methoxy groups -OCH3 is 1. The van der Waals surface area contributed by atoms with Crippen LogP contribution in [-0.4, -0.2) is 16.9 Å². The van der Waals surface area contributed by atoms with Gasteiger partial charge < -0.3 is 10.5 Å². The van der Waals surface area contributed by atoms with Crippen LogP contribution in [0.1, 0.15) is 5.69 Å². The van der Waals surface area contributed by atoms with Crippen LogP contribution in [0.15, 0.2) is 22.7 Å². The Hall–Kier alpha value is -1.40. The van der Waals surface area contributed by atoms with Crippen LogP contribution in [0.3, 0.4) is 0 Å². The molecule has 0 aliphatic rings. The van der Waals surface area contributed by atoms with Crippen LogP contribution in [0, 0.1) is 5.82 Å². The molecule has 2 aromatic rings. The van der Waals surface area contributed by atoms with Gasteiger partial charge in [0.25, 0.3) is 0 Å². The fourth-order valence-electron chi connectivity index (χ4n) is 1.81. The summed E-state index contributed by atoms with van der Waals surface area (Å²) in [7, 11) is 3.23. The summed E-state index contributed by atoms with van der Waals surface area (Å²) in [5, 5.41) is 4.27. The number of aromatic nitrogens is 2. The van der Waals surface area contributed by atoms with E-state index < -0.39 is 5.82 Å². The maximum absolute atomic E-state index is 13.7. The Kier molecular flexibility index (Phi) is 3.68. The molecule has 2 N–H and O–H groups in total. The average molecular weight is 314 g/mol. The first-order valence-electron chi connectivity index (χ1n) is 5.33. The van der Waals surface area contributed by atoms with Gasteiger partial charge in [-0.3, -0.25) is 4.68 Å². The molecule has 0 saturated heterocycles. The molecule has 0 fully saturated rings. The average Bonchev–Trinajstić information content (AvgIpc) is 2.64. The molecule has 0 amide bonds. The van der Waals surface area contributed by atoms with Crippen LogP contribution >= 0.6 is 15.9 Å². The zero-order chi connectivity index (χ0) is 13.3. The Morgan fingerprint density at radius 3 is 2.72 bits per heavy atom. The third-order valence-corrected chi connectivity index (χ3v) is 3.51.